The van der Waals surface area contributed by atoms with Crippen LogP contribution in [0.4, 0.5) is 0 Å². The number of ether oxygens (including phenoxy) is 1. The average molecular weight is 378 g/mol. The van der Waals surface area contributed by atoms with E-state index in [0.717, 1.165) is 22.4 Å². The molecule has 5 nitrogen and oxygen atoms in total. The van der Waals surface area contributed by atoms with Crippen LogP contribution in [-0.4, -0.2) is 29.9 Å². The first-order valence-electron chi connectivity index (χ1n) is 9.63. The normalized spacial score (nSPS) is 15.1. The third-order valence-electron chi connectivity index (χ3n) is 4.84. The van der Waals surface area contributed by atoms with Crippen LogP contribution in [0, 0.1) is 0 Å². The number of amides is 2. The van der Waals surface area contributed by atoms with Crippen LogP contribution in [0.3, 0.4) is 0 Å². The van der Waals surface area contributed by atoms with Crippen molar-refractivity contribution in [1.82, 2.24) is 10.2 Å². The number of nitrogens with zero attached hydrogens (tertiary/aromatic N) is 1. The van der Waals surface area contributed by atoms with Gasteiger partial charge in [0, 0.05) is 19.7 Å². The number of carbonyl (C=O) groups is 2. The maximum Gasteiger partial charge on any atom is 0.223 e. The molecule has 0 radical (unpaired) electrons. The minimum atomic E-state index is -0.283. The first-order valence-corrected chi connectivity index (χ1v) is 9.63. The Balaban J connectivity index is 1.62. The Morgan fingerprint density at radius 2 is 1.86 bits per heavy atom. The number of hydrogen-bond acceptors (Lipinski definition) is 3. The molecular weight excluding hydrogens is 352 g/mol. The molecule has 0 aliphatic carbocycles. The Hall–Kier alpha value is -3.08. The lowest BCUT2D eigenvalue weighted by Gasteiger charge is -2.32. The second kappa shape index (κ2) is 9.22. The van der Waals surface area contributed by atoms with E-state index < -0.39 is 0 Å². The first-order chi connectivity index (χ1) is 13.6. The van der Waals surface area contributed by atoms with Gasteiger partial charge in [0.25, 0.3) is 0 Å². The maximum absolute atomic E-state index is 12.6. The highest BCUT2D eigenvalue weighted by molar-refractivity contribution is 5.81. The van der Waals surface area contributed by atoms with E-state index in [4.69, 9.17) is 4.74 Å². The standard InChI is InChI=1S/C23H26N2O3/c1-3-28-22-11-7-5-9-19(22)12-14-24-23(27)16-21-20-10-6-4-8-18(20)13-15-25(21)17(2)26/h4-11,13,15,21H,3,12,14,16H2,1-2H3,(H,24,27). The highest BCUT2D eigenvalue weighted by Gasteiger charge is 2.27. The second-order valence-corrected chi connectivity index (χ2v) is 6.73. The molecular formula is C23H26N2O3. The number of para-hydroxylation sites is 1. The molecule has 0 saturated carbocycles. The fourth-order valence-corrected chi connectivity index (χ4v) is 3.50. The third kappa shape index (κ3) is 4.60. The van der Waals surface area contributed by atoms with Crippen LogP contribution in [0.1, 0.15) is 43.0 Å². The Labute approximate surface area is 166 Å². The summed E-state index contributed by atoms with van der Waals surface area (Å²) in [7, 11) is 0. The second-order valence-electron chi connectivity index (χ2n) is 6.73. The van der Waals surface area contributed by atoms with E-state index in [1.165, 1.54) is 6.92 Å². The predicted molar refractivity (Wildman–Crippen MR) is 110 cm³/mol. The van der Waals surface area contributed by atoms with Crippen LogP contribution in [-0.2, 0) is 16.0 Å². The predicted octanol–water partition coefficient (Wildman–Crippen LogP) is 3.71. The van der Waals surface area contributed by atoms with Crippen molar-refractivity contribution in [1.29, 1.82) is 0 Å². The number of nitrogens with one attached hydrogen (secondary N) is 1. The van der Waals surface area contributed by atoms with Crippen LogP contribution < -0.4 is 10.1 Å². The molecule has 0 saturated heterocycles. The van der Waals surface area contributed by atoms with Crippen molar-refractivity contribution in [3.8, 4) is 5.75 Å². The van der Waals surface area contributed by atoms with Gasteiger partial charge in [-0.3, -0.25) is 9.59 Å². The summed E-state index contributed by atoms with van der Waals surface area (Å²) in [4.78, 5) is 26.2. The van der Waals surface area contributed by atoms with Crippen molar-refractivity contribution >= 4 is 17.9 Å². The van der Waals surface area contributed by atoms with E-state index >= 15 is 0 Å². The molecule has 1 unspecified atom stereocenters. The summed E-state index contributed by atoms with van der Waals surface area (Å²) in [5.41, 5.74) is 3.11. The lowest BCUT2D eigenvalue weighted by Crippen LogP contribution is -2.35. The molecule has 1 atom stereocenters. The summed E-state index contributed by atoms with van der Waals surface area (Å²) in [6, 6.07) is 15.4. The zero-order valence-electron chi connectivity index (χ0n) is 16.4. The molecule has 146 valence electrons. The summed E-state index contributed by atoms with van der Waals surface area (Å²) in [6.07, 6.45) is 4.60. The van der Waals surface area contributed by atoms with E-state index in [0.29, 0.717) is 19.6 Å². The molecule has 2 aromatic carbocycles. The van der Waals surface area contributed by atoms with Gasteiger partial charge >= 0.3 is 0 Å². The molecule has 1 aliphatic heterocycles. The molecule has 1 aliphatic rings. The van der Waals surface area contributed by atoms with Gasteiger partial charge in [0.1, 0.15) is 5.75 Å². The molecule has 5 heteroatoms. The van der Waals surface area contributed by atoms with Gasteiger partial charge in [0.15, 0.2) is 0 Å². The summed E-state index contributed by atoms with van der Waals surface area (Å²) in [5, 5.41) is 2.98. The van der Waals surface area contributed by atoms with Crippen LogP contribution >= 0.6 is 0 Å². The zero-order valence-corrected chi connectivity index (χ0v) is 16.4. The minimum absolute atomic E-state index is 0.0738. The number of hydrogen-bond donors (Lipinski definition) is 1. The molecule has 2 aromatic rings. The van der Waals surface area contributed by atoms with Crippen molar-refractivity contribution < 1.29 is 14.3 Å². The minimum Gasteiger partial charge on any atom is -0.494 e. The SMILES string of the molecule is CCOc1ccccc1CCNC(=O)CC1c2ccccc2C=CN1C(C)=O. The van der Waals surface area contributed by atoms with Crippen molar-refractivity contribution in [3.63, 3.8) is 0 Å². The molecule has 0 aromatic heterocycles. The topological polar surface area (TPSA) is 58.6 Å². The number of carbonyl (C=O) groups excluding carboxylic acids is 2. The summed E-state index contributed by atoms with van der Waals surface area (Å²) < 4.78 is 5.63. The van der Waals surface area contributed by atoms with Crippen LogP contribution in [0.15, 0.2) is 54.7 Å². The zero-order chi connectivity index (χ0) is 19.9. The van der Waals surface area contributed by atoms with E-state index in [9.17, 15) is 9.59 Å². The molecule has 28 heavy (non-hydrogen) atoms. The van der Waals surface area contributed by atoms with Crippen molar-refractivity contribution in [2.75, 3.05) is 13.2 Å². The monoisotopic (exact) mass is 378 g/mol. The number of rotatable bonds is 7. The maximum atomic E-state index is 12.6. The molecule has 2 amide bonds. The van der Waals surface area contributed by atoms with Gasteiger partial charge in [0.2, 0.25) is 11.8 Å². The van der Waals surface area contributed by atoms with Gasteiger partial charge in [-0.15, -0.1) is 0 Å². The third-order valence-corrected chi connectivity index (χ3v) is 4.84. The van der Waals surface area contributed by atoms with E-state index in [2.05, 4.69) is 5.32 Å². The molecule has 1 heterocycles. The van der Waals surface area contributed by atoms with Gasteiger partial charge in [0.05, 0.1) is 19.1 Å². The lowest BCUT2D eigenvalue weighted by atomic mass is 9.93. The smallest absolute Gasteiger partial charge is 0.223 e. The summed E-state index contributed by atoms with van der Waals surface area (Å²) in [6.45, 7) is 4.61. The highest BCUT2D eigenvalue weighted by atomic mass is 16.5. The molecule has 0 fully saturated rings. The number of benzene rings is 2. The molecule has 1 N–H and O–H groups in total. The first kappa shape index (κ1) is 19.7. The number of fused-ring (bicyclic) bond motifs is 1. The molecule has 3 rings (SSSR count). The molecule has 0 spiro atoms. The fraction of sp³-hybridized carbons (Fsp3) is 0.304. The Bertz CT molecular complexity index is 876. The quantitative estimate of drug-likeness (QED) is 0.799. The van der Waals surface area contributed by atoms with Crippen molar-refractivity contribution in [3.05, 3.63) is 71.4 Å². The summed E-state index contributed by atoms with van der Waals surface area (Å²) >= 11 is 0. The van der Waals surface area contributed by atoms with E-state index in [1.807, 2.05) is 61.5 Å². The molecule has 0 bridgehead atoms. The van der Waals surface area contributed by atoms with Crippen LogP contribution in [0.5, 0.6) is 5.75 Å². The van der Waals surface area contributed by atoms with Crippen molar-refractivity contribution in [2.24, 2.45) is 0 Å². The van der Waals surface area contributed by atoms with E-state index in [1.54, 1.807) is 11.1 Å². The van der Waals surface area contributed by atoms with Gasteiger partial charge in [-0.05, 0) is 42.2 Å². The van der Waals surface area contributed by atoms with Crippen LogP contribution in [0.2, 0.25) is 0 Å². The van der Waals surface area contributed by atoms with Gasteiger partial charge in [-0.25, -0.2) is 0 Å². The largest absolute Gasteiger partial charge is 0.494 e. The van der Waals surface area contributed by atoms with Crippen LogP contribution in [0.25, 0.3) is 6.08 Å². The summed E-state index contributed by atoms with van der Waals surface area (Å²) in [5.74, 6) is 0.706. The van der Waals surface area contributed by atoms with Gasteiger partial charge < -0.3 is 15.0 Å². The Morgan fingerprint density at radius 3 is 2.64 bits per heavy atom. The van der Waals surface area contributed by atoms with Gasteiger partial charge in [-0.1, -0.05) is 42.5 Å². The lowest BCUT2D eigenvalue weighted by molar-refractivity contribution is -0.129. The van der Waals surface area contributed by atoms with Gasteiger partial charge in [-0.2, -0.15) is 0 Å². The highest BCUT2D eigenvalue weighted by Crippen LogP contribution is 2.32. The Morgan fingerprint density at radius 1 is 1.11 bits per heavy atom. The van der Waals surface area contributed by atoms with Crippen molar-refractivity contribution in [2.45, 2.75) is 32.7 Å². The Kier molecular flexibility index (Phi) is 6.48. The average Bonchev–Trinajstić information content (AvgIpc) is 2.69. The van der Waals surface area contributed by atoms with E-state index in [-0.39, 0.29) is 24.3 Å². The fourth-order valence-electron chi connectivity index (χ4n) is 3.50.